The molecule has 109 heavy (non-hydrogen) atoms. The molecule has 0 aromatic heterocycles. The fraction of sp³-hybridized carbons (Fsp3) is 0.538. The third kappa shape index (κ3) is 46.4. The molecule has 13 nitrogen and oxygen atoms in total. The van der Waals surface area contributed by atoms with Gasteiger partial charge in [-0.2, -0.15) is 84.3 Å². The number of hydrogen-bond acceptors (Lipinski definition) is 11. The number of aliphatic carboxylic acids is 2. The molecule has 0 radical (unpaired) electrons. The van der Waals surface area contributed by atoms with E-state index in [1.54, 1.807) is 38.1 Å². The fourth-order valence-electron chi connectivity index (χ4n) is 9.13. The van der Waals surface area contributed by atoms with Gasteiger partial charge in [0.15, 0.2) is 0 Å². The number of rotatable bonds is 29. The fourth-order valence-corrected chi connectivity index (χ4v) is 9.13. The average Bonchev–Trinajstić information content (AvgIpc) is 1.85. The van der Waals surface area contributed by atoms with Crippen LogP contribution in [0.25, 0.3) is 0 Å². The summed E-state index contributed by atoms with van der Waals surface area (Å²) in [6, 6.07) is 22.8. The number of allylic oxidation sites excluding steroid dienone is 1. The van der Waals surface area contributed by atoms with Gasteiger partial charge in [-0.15, -0.1) is 0 Å². The monoisotopic (exact) mass is 1580 g/mol. The zero-order valence-corrected chi connectivity index (χ0v) is 63.0. The SMILES string of the molecule is C.CC(C)CCCc1cccc(C(F)(F)F)c1.CC(C)NCC1=NC=C(C(F)(F)F)C1.CC(C)NCc1cc(C#N)cc(C(F)(F)F)c1.CC(C)NCc1cc(CCC(=O)O)cc(C(F)(F)F)c1.CC(C)NCc1cc(OC(C)C)cc(C(F)(F)F)c1.CC(C)NCc1cc(OCCCC(=O)O)cc(C(F)(F)F)c1. The lowest BCUT2D eigenvalue weighted by atomic mass is 10.0. The number of nitrogens with one attached hydrogen (secondary N) is 5. The van der Waals surface area contributed by atoms with Crippen LogP contribution in [-0.4, -0.2) is 83.5 Å². The van der Waals surface area contributed by atoms with Gasteiger partial charge < -0.3 is 46.3 Å². The number of carboxylic acids is 2. The number of aryl methyl sites for hydroxylation is 2. The number of aliphatic imine (C=N–C) groups is 1. The summed E-state index contributed by atoms with van der Waals surface area (Å²) in [6.45, 7) is 28.8. The number of carbonyl (C=O) groups is 2. The first-order chi connectivity index (χ1) is 49.7. The van der Waals surface area contributed by atoms with E-state index in [0.717, 1.165) is 85.6 Å². The summed E-state index contributed by atoms with van der Waals surface area (Å²) in [5.41, 5.74) is -0.319. The minimum Gasteiger partial charge on any atom is -0.494 e. The molecule has 0 unspecified atom stereocenters. The Balaban J connectivity index is 0.00000129. The number of ether oxygens (including phenoxy) is 2. The molecule has 7 N–H and O–H groups in total. The first-order valence-corrected chi connectivity index (χ1v) is 34.8. The van der Waals surface area contributed by atoms with Gasteiger partial charge in [0.1, 0.15) is 11.5 Å². The third-order valence-corrected chi connectivity index (χ3v) is 14.5. The van der Waals surface area contributed by atoms with Crippen molar-refractivity contribution in [2.75, 3.05) is 13.2 Å². The number of benzene rings is 5. The van der Waals surface area contributed by atoms with Gasteiger partial charge in [0.25, 0.3) is 0 Å². The van der Waals surface area contributed by atoms with Gasteiger partial charge in [-0.05, 0) is 152 Å². The van der Waals surface area contributed by atoms with Crippen LogP contribution in [-0.2, 0) is 79.5 Å². The quantitative estimate of drug-likeness (QED) is 0.0178. The van der Waals surface area contributed by atoms with Gasteiger partial charge in [0.2, 0.25) is 0 Å². The van der Waals surface area contributed by atoms with E-state index in [1.165, 1.54) is 24.3 Å². The van der Waals surface area contributed by atoms with Gasteiger partial charge in [-0.3, -0.25) is 14.6 Å². The minimum absolute atomic E-state index is 0. The second-order valence-corrected chi connectivity index (χ2v) is 27.4. The van der Waals surface area contributed by atoms with Gasteiger partial charge in [0, 0.05) is 94.1 Å². The van der Waals surface area contributed by atoms with E-state index in [0.29, 0.717) is 72.2 Å². The Morgan fingerprint density at radius 2 is 0.835 bits per heavy atom. The van der Waals surface area contributed by atoms with Crippen LogP contribution < -0.4 is 36.1 Å². The molecule has 1 aliphatic heterocycles. The number of halogens is 18. The molecule has 0 spiro atoms. The normalized spacial score (nSPS) is 12.5. The first-order valence-electron chi connectivity index (χ1n) is 34.8. The predicted molar refractivity (Wildman–Crippen MR) is 388 cm³/mol. The average molecular weight is 1580 g/mol. The maximum Gasteiger partial charge on any atom is 0.416 e. The molecule has 1 heterocycles. The molecule has 614 valence electrons. The number of carboxylic acid groups (broad SMARTS) is 2. The van der Waals surface area contributed by atoms with Crippen molar-refractivity contribution in [3.63, 3.8) is 0 Å². The highest BCUT2D eigenvalue weighted by atomic mass is 19.4. The first kappa shape index (κ1) is 101. The Labute approximate surface area is 628 Å². The van der Waals surface area contributed by atoms with E-state index in [1.807, 2.05) is 69.2 Å². The van der Waals surface area contributed by atoms with Gasteiger partial charge in [0.05, 0.1) is 57.7 Å². The molecular weight excluding hydrogens is 1470 g/mol. The van der Waals surface area contributed by atoms with Crippen LogP contribution in [0.5, 0.6) is 11.5 Å². The number of alkyl halides is 18. The molecule has 6 rings (SSSR count). The Bertz CT molecular complexity index is 3610. The van der Waals surface area contributed by atoms with Crippen LogP contribution in [0.3, 0.4) is 0 Å². The maximum absolute atomic E-state index is 12.9. The smallest absolute Gasteiger partial charge is 0.416 e. The summed E-state index contributed by atoms with van der Waals surface area (Å²) in [4.78, 5) is 24.6. The largest absolute Gasteiger partial charge is 0.494 e. The molecule has 0 amide bonds. The molecule has 0 bridgehead atoms. The van der Waals surface area contributed by atoms with Crippen LogP contribution in [0, 0.1) is 17.2 Å². The molecule has 1 aliphatic rings. The molecular formula is C78H105F18N7O6. The highest BCUT2D eigenvalue weighted by Crippen LogP contribution is 2.37. The molecule has 5 aromatic rings. The van der Waals surface area contributed by atoms with Gasteiger partial charge in [-0.25, -0.2) is 0 Å². The number of nitriles is 1. The molecule has 0 saturated heterocycles. The summed E-state index contributed by atoms with van der Waals surface area (Å²) in [7, 11) is 0. The second-order valence-electron chi connectivity index (χ2n) is 27.4. The Morgan fingerprint density at radius 3 is 1.23 bits per heavy atom. The molecule has 0 aliphatic carbocycles. The summed E-state index contributed by atoms with van der Waals surface area (Å²) in [5, 5.41) is 41.1. The lowest BCUT2D eigenvalue weighted by Crippen LogP contribution is -2.29. The third-order valence-electron chi connectivity index (χ3n) is 14.5. The van der Waals surface area contributed by atoms with E-state index < -0.39 is 82.4 Å². The van der Waals surface area contributed by atoms with E-state index in [-0.39, 0.29) is 99.5 Å². The second kappa shape index (κ2) is 48.0. The highest BCUT2D eigenvalue weighted by molar-refractivity contribution is 5.91. The zero-order valence-electron chi connectivity index (χ0n) is 63.0. The number of hydrogen-bond donors (Lipinski definition) is 7. The van der Waals surface area contributed by atoms with Crippen LogP contribution in [0.2, 0.25) is 0 Å². The van der Waals surface area contributed by atoms with E-state index in [9.17, 15) is 88.6 Å². The highest BCUT2D eigenvalue weighted by Gasteiger charge is 2.37. The van der Waals surface area contributed by atoms with Crippen molar-refractivity contribution >= 4 is 17.7 Å². The summed E-state index contributed by atoms with van der Waals surface area (Å²) in [6.07, 6.45) is -22.6. The van der Waals surface area contributed by atoms with Crippen LogP contribution in [0.15, 0.2) is 114 Å². The molecule has 0 fully saturated rings. The van der Waals surface area contributed by atoms with Crippen molar-refractivity contribution < 1.29 is 108 Å². The lowest BCUT2D eigenvalue weighted by Gasteiger charge is -2.16. The Morgan fingerprint density at radius 1 is 0.450 bits per heavy atom. The van der Waals surface area contributed by atoms with Crippen molar-refractivity contribution in [1.29, 1.82) is 5.26 Å². The van der Waals surface area contributed by atoms with Crippen LogP contribution in [0.4, 0.5) is 79.0 Å². The Kier molecular flexibility index (Phi) is 44.5. The zero-order chi connectivity index (χ0) is 82.7. The molecule has 0 atom stereocenters. The summed E-state index contributed by atoms with van der Waals surface area (Å²) < 4.78 is 238. The standard InChI is InChI=1S/C15H20F3NO3.C14H18F3NO2.C14H20F3NO.C13H17F3.C12H13F3N2.C9H13F3N2.CH4/c1-10(2)19-9-11-6-12(15(16,17)18)8-13(7-11)22-5-3-4-14(20)21;1-9(2)18-8-11-5-10(3-4-13(19)20)6-12(7-11)14(15,16)17;1-9(2)18-8-11-5-12(14(15,16)17)7-13(6-11)19-10(3)4;1-10(2)5-3-6-11-7-4-8-12(9-11)13(14,15)16;1-8(2)17-7-10-3-9(6-16)4-11(5-10)12(13,14)15;1-6(2)13-5-8-3-7(4-14-8)9(10,11)12;/h6-8,10,19H,3-5,9H2,1-2H3,(H,20,21);5-7,9,18H,3-4,8H2,1-2H3,(H,19,20);5-7,9-10,18H,8H2,1-4H3;4,7-10H,3,5-6H2,1-2H3;3-5,8,17H,7H2,1-2H3;4,6,13H,3,5H2,1-2H3;1H4. The van der Waals surface area contributed by atoms with E-state index in [2.05, 4.69) is 45.4 Å². The van der Waals surface area contributed by atoms with Crippen LogP contribution >= 0.6 is 0 Å². The van der Waals surface area contributed by atoms with Crippen molar-refractivity contribution in [2.45, 2.75) is 255 Å². The summed E-state index contributed by atoms with van der Waals surface area (Å²) >= 11 is 0. The van der Waals surface area contributed by atoms with Gasteiger partial charge >= 0.3 is 49.0 Å². The van der Waals surface area contributed by atoms with Crippen molar-refractivity contribution in [3.05, 3.63) is 176 Å². The minimum atomic E-state index is -4.45. The molecule has 5 aromatic carbocycles. The van der Waals surface area contributed by atoms with Crippen molar-refractivity contribution in [1.82, 2.24) is 26.6 Å². The Hall–Kier alpha value is -7.92. The topological polar surface area (TPSA) is 189 Å². The van der Waals surface area contributed by atoms with Crippen molar-refractivity contribution in [2.24, 2.45) is 10.9 Å². The van der Waals surface area contributed by atoms with E-state index >= 15 is 0 Å². The lowest BCUT2D eigenvalue weighted by molar-refractivity contribution is -0.138. The summed E-state index contributed by atoms with van der Waals surface area (Å²) in [5.74, 6) is -1.03. The number of nitrogens with zero attached hydrogens (tertiary/aromatic N) is 2. The van der Waals surface area contributed by atoms with Gasteiger partial charge in [-0.1, -0.05) is 121 Å². The van der Waals surface area contributed by atoms with Crippen molar-refractivity contribution in [3.8, 4) is 17.6 Å². The van der Waals surface area contributed by atoms with E-state index in [4.69, 9.17) is 24.9 Å². The van der Waals surface area contributed by atoms with Crippen LogP contribution in [0.1, 0.15) is 210 Å². The molecule has 31 heteroatoms. The maximum atomic E-state index is 12.9. The predicted octanol–water partition coefficient (Wildman–Crippen LogP) is 21.3. The molecule has 0 saturated carbocycles.